The van der Waals surface area contributed by atoms with E-state index in [0.717, 1.165) is 13.0 Å². The SMILES string of the molecule is Cc1ccc([C@@H]([NH2+]CC(=O)NCCC(C)C)c2ccccc2)cc1. The summed E-state index contributed by atoms with van der Waals surface area (Å²) in [6.45, 7) is 7.62. The van der Waals surface area contributed by atoms with Gasteiger partial charge in [0.05, 0.1) is 0 Å². The highest BCUT2D eigenvalue weighted by molar-refractivity contribution is 5.76. The Morgan fingerprint density at radius 2 is 1.62 bits per heavy atom. The maximum atomic E-state index is 12.1. The van der Waals surface area contributed by atoms with E-state index in [0.29, 0.717) is 12.5 Å². The summed E-state index contributed by atoms with van der Waals surface area (Å²) in [5.74, 6) is 0.711. The maximum absolute atomic E-state index is 12.1. The van der Waals surface area contributed by atoms with Crippen molar-refractivity contribution in [2.24, 2.45) is 5.92 Å². The van der Waals surface area contributed by atoms with E-state index in [1.807, 2.05) is 18.2 Å². The van der Waals surface area contributed by atoms with Gasteiger partial charge in [-0.3, -0.25) is 4.79 Å². The van der Waals surface area contributed by atoms with Crippen molar-refractivity contribution < 1.29 is 10.1 Å². The molecule has 0 bridgehead atoms. The summed E-state index contributed by atoms with van der Waals surface area (Å²) in [5.41, 5.74) is 3.69. The molecule has 24 heavy (non-hydrogen) atoms. The number of quaternary nitrogens is 1. The van der Waals surface area contributed by atoms with Crippen LogP contribution in [0.25, 0.3) is 0 Å². The van der Waals surface area contributed by atoms with E-state index in [2.05, 4.69) is 67.8 Å². The van der Waals surface area contributed by atoms with Crippen LogP contribution in [0.1, 0.15) is 43.0 Å². The highest BCUT2D eigenvalue weighted by atomic mass is 16.1. The van der Waals surface area contributed by atoms with Crippen LogP contribution in [0.5, 0.6) is 0 Å². The average Bonchev–Trinajstić information content (AvgIpc) is 2.57. The van der Waals surface area contributed by atoms with Crippen LogP contribution < -0.4 is 10.6 Å². The van der Waals surface area contributed by atoms with Crippen LogP contribution in [-0.2, 0) is 4.79 Å². The minimum atomic E-state index is 0.101. The van der Waals surface area contributed by atoms with E-state index < -0.39 is 0 Å². The summed E-state index contributed by atoms with van der Waals surface area (Å²) in [7, 11) is 0. The summed E-state index contributed by atoms with van der Waals surface area (Å²) in [4.78, 5) is 12.1. The Kier molecular flexibility index (Phi) is 7.01. The molecule has 2 aromatic carbocycles. The molecule has 2 aromatic rings. The van der Waals surface area contributed by atoms with Gasteiger partial charge in [-0.2, -0.15) is 0 Å². The first-order chi connectivity index (χ1) is 11.6. The van der Waals surface area contributed by atoms with Crippen molar-refractivity contribution >= 4 is 5.91 Å². The summed E-state index contributed by atoms with van der Waals surface area (Å²) in [6, 6.07) is 19.1. The molecule has 0 aliphatic heterocycles. The van der Waals surface area contributed by atoms with Gasteiger partial charge in [-0.15, -0.1) is 0 Å². The van der Waals surface area contributed by atoms with Crippen molar-refractivity contribution in [2.45, 2.75) is 33.2 Å². The van der Waals surface area contributed by atoms with Gasteiger partial charge in [-0.1, -0.05) is 74.0 Å². The number of carbonyl (C=O) groups excluding carboxylic acids is 1. The average molecular weight is 325 g/mol. The highest BCUT2D eigenvalue weighted by Crippen LogP contribution is 2.18. The Morgan fingerprint density at radius 1 is 1.00 bits per heavy atom. The molecule has 3 N–H and O–H groups in total. The second-order valence-electron chi connectivity index (χ2n) is 6.77. The van der Waals surface area contributed by atoms with Gasteiger partial charge in [-0.05, 0) is 19.3 Å². The van der Waals surface area contributed by atoms with E-state index >= 15 is 0 Å². The largest absolute Gasteiger partial charge is 0.351 e. The Hall–Kier alpha value is -2.13. The quantitative estimate of drug-likeness (QED) is 0.770. The van der Waals surface area contributed by atoms with Gasteiger partial charge in [0.2, 0.25) is 0 Å². The van der Waals surface area contributed by atoms with Gasteiger partial charge in [0.25, 0.3) is 5.91 Å². The van der Waals surface area contributed by atoms with Crippen molar-refractivity contribution in [3.8, 4) is 0 Å². The summed E-state index contributed by atoms with van der Waals surface area (Å²) >= 11 is 0. The summed E-state index contributed by atoms with van der Waals surface area (Å²) in [5, 5.41) is 5.13. The lowest BCUT2D eigenvalue weighted by Crippen LogP contribution is -2.87. The molecule has 1 atom stereocenters. The van der Waals surface area contributed by atoms with Gasteiger partial charge < -0.3 is 10.6 Å². The smallest absolute Gasteiger partial charge is 0.275 e. The Bertz CT molecular complexity index is 620. The predicted molar refractivity (Wildman–Crippen MR) is 98.7 cm³/mol. The van der Waals surface area contributed by atoms with Crippen LogP contribution in [0.4, 0.5) is 0 Å². The number of nitrogens with one attached hydrogen (secondary N) is 1. The molecule has 1 amide bonds. The van der Waals surface area contributed by atoms with Crippen LogP contribution in [0.15, 0.2) is 54.6 Å². The molecule has 0 heterocycles. The van der Waals surface area contributed by atoms with Crippen LogP contribution in [0, 0.1) is 12.8 Å². The van der Waals surface area contributed by atoms with E-state index in [1.165, 1.54) is 16.7 Å². The van der Waals surface area contributed by atoms with E-state index in [1.54, 1.807) is 0 Å². The topological polar surface area (TPSA) is 45.7 Å². The number of aryl methyl sites for hydroxylation is 1. The number of carbonyl (C=O) groups is 1. The zero-order valence-corrected chi connectivity index (χ0v) is 15.0. The molecule has 0 spiro atoms. The van der Waals surface area contributed by atoms with E-state index in [9.17, 15) is 4.79 Å². The normalized spacial score (nSPS) is 12.2. The van der Waals surface area contributed by atoms with Crippen molar-refractivity contribution in [2.75, 3.05) is 13.1 Å². The number of rotatable bonds is 8. The molecule has 0 radical (unpaired) electrons. The van der Waals surface area contributed by atoms with Gasteiger partial charge in [-0.25, -0.2) is 0 Å². The molecule has 0 saturated heterocycles. The molecular formula is C21H29N2O+. The first-order valence-electron chi connectivity index (χ1n) is 8.78. The number of hydrogen-bond acceptors (Lipinski definition) is 1. The Balaban J connectivity index is 2.02. The minimum absolute atomic E-state index is 0.101. The van der Waals surface area contributed by atoms with Gasteiger partial charge >= 0.3 is 0 Å². The van der Waals surface area contributed by atoms with Crippen molar-refractivity contribution in [1.29, 1.82) is 0 Å². The van der Waals surface area contributed by atoms with Gasteiger partial charge in [0.1, 0.15) is 6.04 Å². The van der Waals surface area contributed by atoms with Crippen molar-refractivity contribution in [3.63, 3.8) is 0 Å². The fourth-order valence-electron chi connectivity index (χ4n) is 2.70. The lowest BCUT2D eigenvalue weighted by Gasteiger charge is -2.17. The number of hydrogen-bond donors (Lipinski definition) is 2. The fourth-order valence-corrected chi connectivity index (χ4v) is 2.70. The van der Waals surface area contributed by atoms with Crippen LogP contribution in [-0.4, -0.2) is 19.0 Å². The highest BCUT2D eigenvalue weighted by Gasteiger charge is 2.18. The predicted octanol–water partition coefficient (Wildman–Crippen LogP) is 2.81. The molecule has 0 aliphatic carbocycles. The molecule has 3 heteroatoms. The third-order valence-electron chi connectivity index (χ3n) is 4.18. The zero-order chi connectivity index (χ0) is 17.4. The van der Waals surface area contributed by atoms with E-state index in [4.69, 9.17) is 0 Å². The molecule has 128 valence electrons. The van der Waals surface area contributed by atoms with E-state index in [-0.39, 0.29) is 11.9 Å². The zero-order valence-electron chi connectivity index (χ0n) is 15.0. The third-order valence-corrected chi connectivity index (χ3v) is 4.18. The van der Waals surface area contributed by atoms with Gasteiger partial charge in [0.15, 0.2) is 6.54 Å². The summed E-state index contributed by atoms with van der Waals surface area (Å²) < 4.78 is 0. The lowest BCUT2D eigenvalue weighted by molar-refractivity contribution is -0.676. The molecule has 0 fully saturated rings. The molecular weight excluding hydrogens is 296 g/mol. The number of nitrogens with two attached hydrogens (primary N) is 1. The molecule has 3 nitrogen and oxygen atoms in total. The van der Waals surface area contributed by atoms with Gasteiger partial charge in [0, 0.05) is 17.7 Å². The lowest BCUT2D eigenvalue weighted by atomic mass is 9.98. The van der Waals surface area contributed by atoms with Crippen LogP contribution >= 0.6 is 0 Å². The molecule has 0 saturated carbocycles. The second kappa shape index (κ2) is 9.24. The van der Waals surface area contributed by atoms with Crippen LogP contribution in [0.2, 0.25) is 0 Å². The third kappa shape index (κ3) is 5.82. The first kappa shape index (κ1) is 18.2. The summed E-state index contributed by atoms with van der Waals surface area (Å²) in [6.07, 6.45) is 1.02. The van der Waals surface area contributed by atoms with Crippen molar-refractivity contribution in [3.05, 3.63) is 71.3 Å². The standard InChI is InChI=1S/C21H28N2O/c1-16(2)13-14-22-20(24)15-23-21(18-7-5-4-6-8-18)19-11-9-17(3)10-12-19/h4-12,16,21,23H,13-15H2,1-3H3,(H,22,24)/p+1/t21-/m0/s1. The molecule has 2 rings (SSSR count). The second-order valence-corrected chi connectivity index (χ2v) is 6.77. The Morgan fingerprint density at radius 3 is 2.25 bits per heavy atom. The maximum Gasteiger partial charge on any atom is 0.275 e. The number of benzene rings is 2. The molecule has 0 aromatic heterocycles. The fraction of sp³-hybridized carbons (Fsp3) is 0.381. The molecule has 0 aliphatic rings. The molecule has 0 unspecified atom stereocenters. The van der Waals surface area contributed by atoms with Crippen LogP contribution in [0.3, 0.4) is 0 Å². The first-order valence-corrected chi connectivity index (χ1v) is 8.78. The van der Waals surface area contributed by atoms with Crippen molar-refractivity contribution in [1.82, 2.24) is 5.32 Å². The number of amides is 1. The minimum Gasteiger partial charge on any atom is -0.351 e. The Labute approximate surface area is 145 Å². The monoisotopic (exact) mass is 325 g/mol.